The Morgan fingerprint density at radius 1 is 0.969 bits per heavy atom. The van der Waals surface area contributed by atoms with Crippen molar-refractivity contribution in [2.45, 2.75) is 22.5 Å². The molecule has 2 fully saturated rings. The number of imide groups is 1. The summed E-state index contributed by atoms with van der Waals surface area (Å²) >= 11 is 7.19. The molecule has 0 aromatic heterocycles. The number of nitrogens with one attached hydrogen (secondary N) is 1. The molecule has 0 bridgehead atoms. The molecule has 1 aliphatic carbocycles. The van der Waals surface area contributed by atoms with Gasteiger partial charge in [0.05, 0.1) is 37.4 Å². The minimum Gasteiger partial charge on any atom is -0.497 e. The van der Waals surface area contributed by atoms with Crippen molar-refractivity contribution in [1.29, 1.82) is 0 Å². The Bertz CT molecular complexity index is 1050. The van der Waals surface area contributed by atoms with Crippen LogP contribution in [0, 0.1) is 11.8 Å². The molecule has 7 nitrogen and oxygen atoms in total. The number of nitrogens with zero attached hydrogens (tertiary/aromatic N) is 1. The summed E-state index contributed by atoms with van der Waals surface area (Å²) in [6.07, 6.45) is 1.19. The van der Waals surface area contributed by atoms with Gasteiger partial charge in [-0.25, -0.2) is 0 Å². The van der Waals surface area contributed by atoms with Crippen LogP contribution < -0.4 is 19.7 Å². The van der Waals surface area contributed by atoms with E-state index in [0.29, 0.717) is 41.3 Å². The molecule has 2 aromatic carbocycles. The predicted octanol–water partition coefficient (Wildman–Crippen LogP) is 4.38. The normalized spacial score (nSPS) is 24.8. The molecule has 1 heterocycles. The molecular formula is C23H22Br2N2O5. The van der Waals surface area contributed by atoms with Gasteiger partial charge in [-0.15, -0.1) is 0 Å². The zero-order valence-electron chi connectivity index (χ0n) is 17.5. The van der Waals surface area contributed by atoms with E-state index < -0.39 is 5.91 Å². The summed E-state index contributed by atoms with van der Waals surface area (Å²) in [6, 6.07) is 11.6. The Kier molecular flexibility index (Phi) is 6.57. The Balaban J connectivity index is 1.59. The molecule has 3 amide bonds. The van der Waals surface area contributed by atoms with Gasteiger partial charge < -0.3 is 14.8 Å². The molecule has 1 N–H and O–H groups in total. The van der Waals surface area contributed by atoms with E-state index in [1.54, 1.807) is 42.5 Å². The maximum atomic E-state index is 13.1. The van der Waals surface area contributed by atoms with Crippen LogP contribution in [-0.2, 0) is 9.59 Å². The number of halogens is 2. The summed E-state index contributed by atoms with van der Waals surface area (Å²) in [4.78, 5) is 40.6. The second kappa shape index (κ2) is 9.23. The molecule has 32 heavy (non-hydrogen) atoms. The van der Waals surface area contributed by atoms with Gasteiger partial charge in [-0.3, -0.25) is 19.3 Å². The number of methoxy groups -OCH3 is 2. The molecule has 9 heteroatoms. The van der Waals surface area contributed by atoms with Crippen molar-refractivity contribution in [3.63, 3.8) is 0 Å². The van der Waals surface area contributed by atoms with Crippen LogP contribution in [-0.4, -0.2) is 41.6 Å². The standard InChI is InChI=1S/C23H22Br2N2O5/c1-31-14-6-7-20(32-2)19(9-14)26-21(28)12-4-3-5-13(8-12)27-22(29)15-10-17(24)18(25)11-16(15)23(27)30/h3-9,15-18H,10-11H2,1-2H3,(H,26,28)/t15-,16+,17-,18-/m0/s1. The van der Waals surface area contributed by atoms with E-state index in [4.69, 9.17) is 9.47 Å². The highest BCUT2D eigenvalue weighted by atomic mass is 79.9. The summed E-state index contributed by atoms with van der Waals surface area (Å²) in [5.74, 6) is -0.458. The van der Waals surface area contributed by atoms with E-state index in [9.17, 15) is 14.4 Å². The molecule has 2 aromatic rings. The molecular weight excluding hydrogens is 544 g/mol. The van der Waals surface area contributed by atoms with Crippen LogP contribution in [0.15, 0.2) is 42.5 Å². The minimum absolute atomic E-state index is 0.135. The zero-order chi connectivity index (χ0) is 23.0. The van der Waals surface area contributed by atoms with Crippen LogP contribution in [0.1, 0.15) is 23.2 Å². The van der Waals surface area contributed by atoms with Crippen LogP contribution in [0.4, 0.5) is 11.4 Å². The third kappa shape index (κ3) is 4.15. The summed E-state index contributed by atoms with van der Waals surface area (Å²) in [5, 5.41) is 2.81. The summed E-state index contributed by atoms with van der Waals surface area (Å²) in [7, 11) is 3.05. The van der Waals surface area contributed by atoms with Crippen molar-refractivity contribution in [1.82, 2.24) is 0 Å². The van der Waals surface area contributed by atoms with Crippen molar-refractivity contribution in [2.75, 3.05) is 24.4 Å². The highest BCUT2D eigenvalue weighted by Gasteiger charge is 2.52. The lowest BCUT2D eigenvalue weighted by Crippen LogP contribution is -2.34. The number of hydrogen-bond donors (Lipinski definition) is 1. The van der Waals surface area contributed by atoms with Gasteiger partial charge in [0.15, 0.2) is 0 Å². The number of ether oxygens (including phenoxy) is 2. The van der Waals surface area contributed by atoms with Gasteiger partial charge in [0.25, 0.3) is 5.91 Å². The zero-order valence-corrected chi connectivity index (χ0v) is 20.7. The average molecular weight is 566 g/mol. The molecule has 1 saturated carbocycles. The quantitative estimate of drug-likeness (QED) is 0.429. The monoisotopic (exact) mass is 564 g/mol. The molecule has 0 radical (unpaired) electrons. The van der Waals surface area contributed by atoms with Crippen LogP contribution in [0.5, 0.6) is 11.5 Å². The third-order valence-corrected chi connectivity index (χ3v) is 8.67. The molecule has 2 aliphatic rings. The highest BCUT2D eigenvalue weighted by Crippen LogP contribution is 2.44. The molecule has 1 saturated heterocycles. The fraction of sp³-hybridized carbons (Fsp3) is 0.348. The van der Waals surface area contributed by atoms with Crippen molar-refractivity contribution in [3.8, 4) is 11.5 Å². The Morgan fingerprint density at radius 2 is 1.62 bits per heavy atom. The smallest absolute Gasteiger partial charge is 0.255 e. The number of hydrogen-bond acceptors (Lipinski definition) is 5. The van der Waals surface area contributed by atoms with Gasteiger partial charge in [0, 0.05) is 21.3 Å². The van der Waals surface area contributed by atoms with E-state index in [1.807, 2.05) is 0 Å². The summed E-state index contributed by atoms with van der Waals surface area (Å²) in [5.41, 5.74) is 1.17. The lowest BCUT2D eigenvalue weighted by Gasteiger charge is -2.29. The first-order valence-corrected chi connectivity index (χ1v) is 12.0. The van der Waals surface area contributed by atoms with Crippen LogP contribution >= 0.6 is 31.9 Å². The van der Waals surface area contributed by atoms with Gasteiger partial charge in [-0.2, -0.15) is 0 Å². The van der Waals surface area contributed by atoms with Gasteiger partial charge in [-0.1, -0.05) is 37.9 Å². The number of benzene rings is 2. The van der Waals surface area contributed by atoms with Crippen molar-refractivity contribution in [3.05, 3.63) is 48.0 Å². The van der Waals surface area contributed by atoms with E-state index in [-0.39, 0.29) is 33.3 Å². The predicted molar refractivity (Wildman–Crippen MR) is 128 cm³/mol. The van der Waals surface area contributed by atoms with Crippen LogP contribution in [0.2, 0.25) is 0 Å². The third-order valence-electron chi connectivity index (χ3n) is 5.93. The Morgan fingerprint density at radius 3 is 2.22 bits per heavy atom. The first kappa shape index (κ1) is 22.8. The molecule has 1 aliphatic heterocycles. The number of alkyl halides is 2. The second-order valence-corrected chi connectivity index (χ2v) is 10.2. The topological polar surface area (TPSA) is 84.9 Å². The summed E-state index contributed by atoms with van der Waals surface area (Å²) in [6.45, 7) is 0. The lowest BCUT2D eigenvalue weighted by molar-refractivity contribution is -0.122. The lowest BCUT2D eigenvalue weighted by atomic mass is 9.81. The van der Waals surface area contributed by atoms with E-state index in [0.717, 1.165) is 0 Å². The van der Waals surface area contributed by atoms with Gasteiger partial charge in [0.1, 0.15) is 11.5 Å². The number of amides is 3. The number of carbonyl (C=O) groups excluding carboxylic acids is 3. The Hall–Kier alpha value is -2.39. The molecule has 4 rings (SSSR count). The first-order valence-electron chi connectivity index (χ1n) is 10.1. The number of fused-ring (bicyclic) bond motifs is 1. The molecule has 4 atom stereocenters. The van der Waals surface area contributed by atoms with Gasteiger partial charge in [0.2, 0.25) is 11.8 Å². The maximum Gasteiger partial charge on any atom is 0.255 e. The van der Waals surface area contributed by atoms with Crippen molar-refractivity contribution in [2.24, 2.45) is 11.8 Å². The highest BCUT2D eigenvalue weighted by molar-refractivity contribution is 9.12. The Labute approximate surface area is 202 Å². The van der Waals surface area contributed by atoms with Gasteiger partial charge >= 0.3 is 0 Å². The fourth-order valence-electron chi connectivity index (χ4n) is 4.24. The molecule has 168 valence electrons. The number of anilines is 2. The average Bonchev–Trinajstić information content (AvgIpc) is 3.03. The van der Waals surface area contributed by atoms with Crippen LogP contribution in [0.3, 0.4) is 0 Å². The number of carbonyl (C=O) groups is 3. The SMILES string of the molecule is COc1ccc(OC)c(NC(=O)c2cccc(N3C(=O)[C@H]4C[C@H](Br)[C@@H](Br)C[C@H]4C3=O)c2)c1. The first-order chi connectivity index (χ1) is 15.3. The van der Waals surface area contributed by atoms with Gasteiger partial charge in [-0.05, 0) is 43.2 Å². The molecule has 0 spiro atoms. The van der Waals surface area contributed by atoms with Crippen LogP contribution in [0.25, 0.3) is 0 Å². The van der Waals surface area contributed by atoms with E-state index in [2.05, 4.69) is 37.2 Å². The molecule has 0 unspecified atom stereocenters. The van der Waals surface area contributed by atoms with E-state index in [1.165, 1.54) is 19.1 Å². The minimum atomic E-state index is -0.393. The van der Waals surface area contributed by atoms with Crippen molar-refractivity contribution >= 4 is 61.0 Å². The number of rotatable bonds is 5. The largest absolute Gasteiger partial charge is 0.497 e. The van der Waals surface area contributed by atoms with E-state index >= 15 is 0 Å². The maximum absolute atomic E-state index is 13.1. The second-order valence-electron chi connectivity index (χ2n) is 7.80. The van der Waals surface area contributed by atoms with Crippen molar-refractivity contribution < 1.29 is 23.9 Å². The fourth-order valence-corrected chi connectivity index (χ4v) is 5.48. The summed E-state index contributed by atoms with van der Waals surface area (Å²) < 4.78 is 10.5.